The number of benzene rings is 2. The number of carbonyl (C=O) groups is 1. The number of rotatable bonds is 5. The maximum absolute atomic E-state index is 12.8. The number of carbonyl (C=O) groups excluding carboxylic acids is 1. The third kappa shape index (κ3) is 5.77. The molecular weight excluding hydrogens is 440 g/mol. The number of hydrogen-bond acceptors (Lipinski definition) is 5. The SMILES string of the molecule is CC(c1cccc(C(=O)c2ccccc2)c1)c1n[nH]c(/N=C(\N(C)C)N2CCOCC2)n1.Cl. The number of halogens is 1. The van der Waals surface area contributed by atoms with E-state index in [0.29, 0.717) is 36.1 Å². The van der Waals surface area contributed by atoms with Crippen molar-refractivity contribution in [2.45, 2.75) is 12.8 Å². The van der Waals surface area contributed by atoms with Crippen LogP contribution in [0, 0.1) is 0 Å². The molecule has 0 spiro atoms. The van der Waals surface area contributed by atoms with Crippen LogP contribution in [-0.4, -0.2) is 77.1 Å². The van der Waals surface area contributed by atoms with E-state index >= 15 is 0 Å². The fourth-order valence-electron chi connectivity index (χ4n) is 3.68. The molecule has 2 heterocycles. The van der Waals surface area contributed by atoms with Crippen LogP contribution in [0.5, 0.6) is 0 Å². The van der Waals surface area contributed by atoms with Gasteiger partial charge < -0.3 is 14.5 Å². The van der Waals surface area contributed by atoms with Gasteiger partial charge in [0.15, 0.2) is 11.6 Å². The van der Waals surface area contributed by atoms with Gasteiger partial charge in [-0.2, -0.15) is 15.1 Å². The van der Waals surface area contributed by atoms with Crippen molar-refractivity contribution in [3.63, 3.8) is 0 Å². The van der Waals surface area contributed by atoms with Crippen LogP contribution < -0.4 is 0 Å². The molecule has 0 saturated carbocycles. The van der Waals surface area contributed by atoms with Gasteiger partial charge in [0, 0.05) is 44.2 Å². The third-order valence-corrected chi connectivity index (χ3v) is 5.46. The van der Waals surface area contributed by atoms with Crippen molar-refractivity contribution < 1.29 is 9.53 Å². The lowest BCUT2D eigenvalue weighted by Crippen LogP contribution is -2.46. The molecule has 33 heavy (non-hydrogen) atoms. The van der Waals surface area contributed by atoms with Gasteiger partial charge in [-0.3, -0.25) is 4.79 Å². The number of aromatic amines is 1. The Balaban J connectivity index is 0.00000306. The van der Waals surface area contributed by atoms with Crippen molar-refractivity contribution in [1.29, 1.82) is 0 Å². The first kappa shape index (κ1) is 24.4. The second kappa shape index (κ2) is 11.1. The van der Waals surface area contributed by atoms with Crippen molar-refractivity contribution in [2.75, 3.05) is 40.4 Å². The molecule has 8 nitrogen and oxygen atoms in total. The van der Waals surface area contributed by atoms with E-state index in [9.17, 15) is 4.79 Å². The first-order valence-electron chi connectivity index (χ1n) is 10.7. The Kier molecular flexibility index (Phi) is 8.19. The summed E-state index contributed by atoms with van der Waals surface area (Å²) in [5.41, 5.74) is 2.30. The molecule has 0 amide bonds. The number of nitrogens with one attached hydrogen (secondary N) is 1. The van der Waals surface area contributed by atoms with Crippen LogP contribution in [0.25, 0.3) is 0 Å². The Morgan fingerprint density at radius 3 is 2.48 bits per heavy atom. The standard InChI is InChI=1S/C24H28N6O2.ClH/c1-17(19-10-7-11-20(16-19)21(31)18-8-5-4-6-9-18)22-25-23(28-27-22)26-24(29(2)3)30-12-14-32-15-13-30;/h4-11,16-17H,12-15H2,1-3H3,(H,25,27,28);1H/b26-24+;. The number of aliphatic imine (C=N–C) groups is 1. The number of H-pyrrole nitrogens is 1. The number of ketones is 1. The smallest absolute Gasteiger partial charge is 0.248 e. The molecule has 0 radical (unpaired) electrons. The zero-order valence-corrected chi connectivity index (χ0v) is 19.9. The highest BCUT2D eigenvalue weighted by atomic mass is 35.5. The summed E-state index contributed by atoms with van der Waals surface area (Å²) in [6.07, 6.45) is 0. The van der Waals surface area contributed by atoms with Gasteiger partial charge in [0.25, 0.3) is 0 Å². The lowest BCUT2D eigenvalue weighted by Gasteiger charge is -2.32. The Bertz CT molecular complexity index is 1090. The van der Waals surface area contributed by atoms with Crippen LogP contribution in [0.1, 0.15) is 40.2 Å². The van der Waals surface area contributed by atoms with E-state index in [2.05, 4.69) is 20.1 Å². The number of guanidine groups is 1. The summed E-state index contributed by atoms with van der Waals surface area (Å²) in [5, 5.41) is 7.34. The van der Waals surface area contributed by atoms with E-state index in [4.69, 9.17) is 9.73 Å². The molecule has 1 atom stereocenters. The highest BCUT2D eigenvalue weighted by Gasteiger charge is 2.20. The van der Waals surface area contributed by atoms with Crippen molar-refractivity contribution in [3.05, 3.63) is 77.1 Å². The van der Waals surface area contributed by atoms with Gasteiger partial charge in [-0.15, -0.1) is 12.4 Å². The highest BCUT2D eigenvalue weighted by Crippen LogP contribution is 2.24. The molecule has 1 N–H and O–H groups in total. The second-order valence-corrected chi connectivity index (χ2v) is 7.97. The van der Waals surface area contributed by atoms with E-state index in [-0.39, 0.29) is 24.1 Å². The minimum absolute atomic E-state index is 0. The van der Waals surface area contributed by atoms with Gasteiger partial charge >= 0.3 is 0 Å². The fraction of sp³-hybridized carbons (Fsp3) is 0.333. The predicted molar refractivity (Wildman–Crippen MR) is 131 cm³/mol. The molecular formula is C24H29ClN6O2. The number of morpholine rings is 1. The average molecular weight is 469 g/mol. The summed E-state index contributed by atoms with van der Waals surface area (Å²) in [5.74, 6) is 1.82. The third-order valence-electron chi connectivity index (χ3n) is 5.46. The van der Waals surface area contributed by atoms with Gasteiger partial charge in [0.2, 0.25) is 11.9 Å². The molecule has 1 saturated heterocycles. The van der Waals surface area contributed by atoms with E-state index in [0.717, 1.165) is 24.6 Å². The molecule has 174 valence electrons. The number of ether oxygens (including phenoxy) is 1. The lowest BCUT2D eigenvalue weighted by atomic mass is 9.95. The minimum atomic E-state index is -0.0927. The number of hydrogen-bond donors (Lipinski definition) is 1. The second-order valence-electron chi connectivity index (χ2n) is 7.97. The molecule has 1 aromatic heterocycles. The molecule has 4 rings (SSSR count). The summed E-state index contributed by atoms with van der Waals surface area (Å²) >= 11 is 0. The maximum Gasteiger partial charge on any atom is 0.248 e. The van der Waals surface area contributed by atoms with Gasteiger partial charge in [-0.1, -0.05) is 55.5 Å². The molecule has 3 aromatic rings. The van der Waals surface area contributed by atoms with E-state index in [1.165, 1.54) is 0 Å². The molecule has 9 heteroatoms. The zero-order chi connectivity index (χ0) is 22.5. The van der Waals surface area contributed by atoms with Gasteiger partial charge in [0.05, 0.1) is 13.2 Å². The summed E-state index contributed by atoms with van der Waals surface area (Å²) in [6, 6.07) is 16.9. The van der Waals surface area contributed by atoms with Gasteiger partial charge in [-0.05, 0) is 11.6 Å². The van der Waals surface area contributed by atoms with Gasteiger partial charge in [-0.25, -0.2) is 5.10 Å². The summed E-state index contributed by atoms with van der Waals surface area (Å²) in [4.78, 5) is 26.3. The number of nitrogens with zero attached hydrogens (tertiary/aromatic N) is 5. The summed E-state index contributed by atoms with van der Waals surface area (Å²) < 4.78 is 5.44. The summed E-state index contributed by atoms with van der Waals surface area (Å²) in [7, 11) is 3.92. The van der Waals surface area contributed by atoms with Gasteiger partial charge in [0.1, 0.15) is 0 Å². The van der Waals surface area contributed by atoms with Crippen LogP contribution in [0.2, 0.25) is 0 Å². The molecule has 1 aliphatic rings. The quantitative estimate of drug-likeness (QED) is 0.350. The van der Waals surface area contributed by atoms with Crippen LogP contribution in [0.15, 0.2) is 59.6 Å². The molecule has 1 fully saturated rings. The molecule has 2 aromatic carbocycles. The Labute approximate surface area is 200 Å². The normalized spacial score (nSPS) is 15.0. The maximum atomic E-state index is 12.8. The Hall–Kier alpha value is -3.23. The van der Waals surface area contributed by atoms with Crippen LogP contribution in [0.3, 0.4) is 0 Å². The van der Waals surface area contributed by atoms with Crippen LogP contribution in [0.4, 0.5) is 5.95 Å². The molecule has 1 unspecified atom stereocenters. The predicted octanol–water partition coefficient (Wildman–Crippen LogP) is 3.49. The summed E-state index contributed by atoms with van der Waals surface area (Å²) in [6.45, 7) is 4.97. The molecule has 0 aliphatic carbocycles. The Morgan fingerprint density at radius 2 is 1.79 bits per heavy atom. The van der Waals surface area contributed by atoms with Crippen LogP contribution in [-0.2, 0) is 4.74 Å². The van der Waals surface area contributed by atoms with Crippen molar-refractivity contribution >= 4 is 30.1 Å². The first-order valence-corrected chi connectivity index (χ1v) is 10.7. The fourth-order valence-corrected chi connectivity index (χ4v) is 3.68. The van der Waals surface area contributed by atoms with E-state index < -0.39 is 0 Å². The van der Waals surface area contributed by atoms with Crippen molar-refractivity contribution in [2.24, 2.45) is 4.99 Å². The largest absolute Gasteiger partial charge is 0.378 e. The molecule has 0 bridgehead atoms. The topological polar surface area (TPSA) is 86.7 Å². The lowest BCUT2D eigenvalue weighted by molar-refractivity contribution is 0.0638. The minimum Gasteiger partial charge on any atom is -0.378 e. The average Bonchev–Trinajstić information content (AvgIpc) is 3.31. The van der Waals surface area contributed by atoms with Crippen molar-refractivity contribution in [1.82, 2.24) is 25.0 Å². The molecule has 1 aliphatic heterocycles. The Morgan fingerprint density at radius 1 is 1.09 bits per heavy atom. The zero-order valence-electron chi connectivity index (χ0n) is 19.1. The number of aromatic nitrogens is 3. The van der Waals surface area contributed by atoms with Crippen LogP contribution >= 0.6 is 12.4 Å². The van der Waals surface area contributed by atoms with Crippen molar-refractivity contribution in [3.8, 4) is 0 Å². The van der Waals surface area contributed by atoms with E-state index in [1.807, 2.05) is 80.5 Å². The van der Waals surface area contributed by atoms with E-state index in [1.54, 1.807) is 0 Å². The first-order chi connectivity index (χ1) is 15.5. The highest BCUT2D eigenvalue weighted by molar-refractivity contribution is 6.09. The monoisotopic (exact) mass is 468 g/mol.